The van der Waals surface area contributed by atoms with Gasteiger partial charge in [-0.05, 0) is 42.8 Å². The predicted octanol–water partition coefficient (Wildman–Crippen LogP) is 2.95. The van der Waals surface area contributed by atoms with Gasteiger partial charge in [0.2, 0.25) is 5.95 Å². The van der Waals surface area contributed by atoms with Crippen LogP contribution in [0.3, 0.4) is 0 Å². The highest BCUT2D eigenvalue weighted by Crippen LogP contribution is 2.22. The number of benzene rings is 1. The molecule has 0 saturated carbocycles. The summed E-state index contributed by atoms with van der Waals surface area (Å²) in [5, 5.41) is 5.80. The van der Waals surface area contributed by atoms with Gasteiger partial charge in [-0.3, -0.25) is 9.78 Å². The molecule has 2 heterocycles. The lowest BCUT2D eigenvalue weighted by molar-refractivity contribution is 0.0963. The average molecular weight is 319 g/mol. The predicted molar refractivity (Wildman–Crippen MR) is 93.1 cm³/mol. The summed E-state index contributed by atoms with van der Waals surface area (Å²) in [5.74, 6) is 0.330. The van der Waals surface area contributed by atoms with Gasteiger partial charge in [0.05, 0.1) is 5.69 Å². The molecule has 6 nitrogen and oxygen atoms in total. The Morgan fingerprint density at radius 1 is 1.12 bits per heavy atom. The molecular weight excluding hydrogens is 302 g/mol. The van der Waals surface area contributed by atoms with Crippen molar-refractivity contribution in [2.75, 3.05) is 12.4 Å². The van der Waals surface area contributed by atoms with Crippen LogP contribution in [0.2, 0.25) is 0 Å². The number of amides is 1. The Morgan fingerprint density at radius 2 is 2.00 bits per heavy atom. The molecule has 3 aromatic rings. The van der Waals surface area contributed by atoms with Crippen molar-refractivity contribution in [1.29, 1.82) is 0 Å². The second kappa shape index (κ2) is 6.87. The van der Waals surface area contributed by atoms with E-state index >= 15 is 0 Å². The number of carbonyl (C=O) groups excluding carboxylic acids is 1. The molecule has 3 rings (SSSR count). The van der Waals surface area contributed by atoms with Crippen molar-refractivity contribution in [1.82, 2.24) is 20.3 Å². The van der Waals surface area contributed by atoms with Gasteiger partial charge in [0.1, 0.15) is 0 Å². The lowest BCUT2D eigenvalue weighted by Crippen LogP contribution is -2.17. The summed E-state index contributed by atoms with van der Waals surface area (Å²) >= 11 is 0. The maximum Gasteiger partial charge on any atom is 0.251 e. The van der Waals surface area contributed by atoms with E-state index in [9.17, 15) is 4.79 Å². The molecule has 0 spiro atoms. The standard InChI is InChI=1S/C18H17N5O/c1-12-5-6-13(17(24)19-2)10-16(12)23-18-21-9-7-15(22-18)14-4-3-8-20-11-14/h3-11H,1-2H3,(H,19,24)(H,21,22,23). The number of nitrogens with one attached hydrogen (secondary N) is 2. The average Bonchev–Trinajstić information content (AvgIpc) is 2.64. The quantitative estimate of drug-likeness (QED) is 0.773. The fraction of sp³-hybridized carbons (Fsp3) is 0.111. The molecule has 0 radical (unpaired) electrons. The maximum absolute atomic E-state index is 11.8. The van der Waals surface area contributed by atoms with Crippen LogP contribution in [-0.4, -0.2) is 27.9 Å². The lowest BCUT2D eigenvalue weighted by atomic mass is 10.1. The minimum atomic E-state index is -0.136. The van der Waals surface area contributed by atoms with Crippen LogP contribution in [0.25, 0.3) is 11.3 Å². The minimum absolute atomic E-state index is 0.136. The highest BCUT2D eigenvalue weighted by molar-refractivity contribution is 5.95. The second-order valence-electron chi connectivity index (χ2n) is 5.24. The maximum atomic E-state index is 11.8. The Hall–Kier alpha value is -3.28. The molecule has 120 valence electrons. The van der Waals surface area contributed by atoms with E-state index in [0.717, 1.165) is 22.5 Å². The number of hydrogen-bond acceptors (Lipinski definition) is 5. The molecule has 0 fully saturated rings. The molecular formula is C18H17N5O. The van der Waals surface area contributed by atoms with E-state index in [0.29, 0.717) is 11.5 Å². The normalized spacial score (nSPS) is 10.2. The fourth-order valence-electron chi connectivity index (χ4n) is 2.26. The zero-order chi connectivity index (χ0) is 16.9. The molecule has 1 amide bonds. The van der Waals surface area contributed by atoms with Crippen molar-refractivity contribution < 1.29 is 4.79 Å². The smallest absolute Gasteiger partial charge is 0.251 e. The van der Waals surface area contributed by atoms with Gasteiger partial charge in [-0.1, -0.05) is 6.07 Å². The van der Waals surface area contributed by atoms with Crippen molar-refractivity contribution in [3.8, 4) is 11.3 Å². The topological polar surface area (TPSA) is 79.8 Å². The highest BCUT2D eigenvalue weighted by atomic mass is 16.1. The second-order valence-corrected chi connectivity index (χ2v) is 5.24. The van der Waals surface area contributed by atoms with Crippen molar-refractivity contribution >= 4 is 17.5 Å². The van der Waals surface area contributed by atoms with E-state index in [1.54, 1.807) is 37.8 Å². The summed E-state index contributed by atoms with van der Waals surface area (Å²) in [7, 11) is 1.61. The highest BCUT2D eigenvalue weighted by Gasteiger charge is 2.08. The third-order valence-corrected chi connectivity index (χ3v) is 3.59. The zero-order valence-electron chi connectivity index (χ0n) is 13.4. The van der Waals surface area contributed by atoms with E-state index < -0.39 is 0 Å². The molecule has 0 saturated heterocycles. The molecule has 0 atom stereocenters. The van der Waals surface area contributed by atoms with Crippen molar-refractivity contribution in [2.45, 2.75) is 6.92 Å². The molecule has 0 aliphatic carbocycles. The lowest BCUT2D eigenvalue weighted by Gasteiger charge is -2.11. The van der Waals surface area contributed by atoms with E-state index in [1.807, 2.05) is 31.2 Å². The minimum Gasteiger partial charge on any atom is -0.355 e. The molecule has 0 unspecified atom stereocenters. The van der Waals surface area contributed by atoms with Gasteiger partial charge in [-0.15, -0.1) is 0 Å². The van der Waals surface area contributed by atoms with Crippen LogP contribution in [0, 0.1) is 6.92 Å². The Balaban J connectivity index is 1.90. The van der Waals surface area contributed by atoms with Crippen LogP contribution in [0.4, 0.5) is 11.6 Å². The Morgan fingerprint density at radius 3 is 2.75 bits per heavy atom. The Labute approximate surface area is 140 Å². The number of hydrogen-bond donors (Lipinski definition) is 2. The molecule has 1 aromatic carbocycles. The molecule has 2 N–H and O–H groups in total. The molecule has 2 aromatic heterocycles. The Kier molecular flexibility index (Phi) is 4.47. The van der Waals surface area contributed by atoms with Crippen LogP contribution < -0.4 is 10.6 Å². The summed E-state index contributed by atoms with van der Waals surface area (Å²) in [6, 6.07) is 11.1. The van der Waals surface area contributed by atoms with Gasteiger partial charge in [-0.25, -0.2) is 9.97 Å². The molecule has 6 heteroatoms. The summed E-state index contributed by atoms with van der Waals surface area (Å²) in [4.78, 5) is 24.7. The van der Waals surface area contributed by atoms with Gasteiger partial charge in [0.15, 0.2) is 0 Å². The van der Waals surface area contributed by atoms with Crippen LogP contribution in [0.1, 0.15) is 15.9 Å². The third-order valence-electron chi connectivity index (χ3n) is 3.59. The van der Waals surface area contributed by atoms with E-state index in [1.165, 1.54) is 0 Å². The summed E-state index contributed by atoms with van der Waals surface area (Å²) in [6.45, 7) is 1.96. The first-order chi connectivity index (χ1) is 11.7. The van der Waals surface area contributed by atoms with Crippen molar-refractivity contribution in [3.05, 3.63) is 66.1 Å². The van der Waals surface area contributed by atoms with Gasteiger partial charge in [0, 0.05) is 42.5 Å². The molecule has 0 aliphatic heterocycles. The van der Waals surface area contributed by atoms with E-state index in [-0.39, 0.29) is 5.91 Å². The summed E-state index contributed by atoms with van der Waals surface area (Å²) < 4.78 is 0. The number of aromatic nitrogens is 3. The van der Waals surface area contributed by atoms with E-state index in [2.05, 4.69) is 25.6 Å². The van der Waals surface area contributed by atoms with Gasteiger partial charge >= 0.3 is 0 Å². The number of aryl methyl sites for hydroxylation is 1. The zero-order valence-corrected chi connectivity index (χ0v) is 13.4. The first kappa shape index (κ1) is 15.6. The molecule has 0 bridgehead atoms. The summed E-state index contributed by atoms with van der Waals surface area (Å²) in [5.41, 5.74) is 4.06. The number of carbonyl (C=O) groups is 1. The van der Waals surface area contributed by atoms with Crippen LogP contribution >= 0.6 is 0 Å². The number of nitrogens with zero attached hydrogens (tertiary/aromatic N) is 3. The van der Waals surface area contributed by atoms with Crippen LogP contribution in [0.15, 0.2) is 55.0 Å². The van der Waals surface area contributed by atoms with Crippen molar-refractivity contribution in [2.24, 2.45) is 0 Å². The first-order valence-corrected chi connectivity index (χ1v) is 7.50. The van der Waals surface area contributed by atoms with Crippen LogP contribution in [0.5, 0.6) is 0 Å². The first-order valence-electron chi connectivity index (χ1n) is 7.50. The van der Waals surface area contributed by atoms with Gasteiger partial charge < -0.3 is 10.6 Å². The van der Waals surface area contributed by atoms with Crippen LogP contribution in [-0.2, 0) is 0 Å². The number of rotatable bonds is 4. The third kappa shape index (κ3) is 3.38. The fourth-order valence-corrected chi connectivity index (χ4v) is 2.26. The van der Waals surface area contributed by atoms with Gasteiger partial charge in [-0.2, -0.15) is 0 Å². The number of anilines is 2. The van der Waals surface area contributed by atoms with Crippen molar-refractivity contribution in [3.63, 3.8) is 0 Å². The summed E-state index contributed by atoms with van der Waals surface area (Å²) in [6.07, 6.45) is 5.16. The largest absolute Gasteiger partial charge is 0.355 e. The molecule has 0 aliphatic rings. The number of pyridine rings is 1. The van der Waals surface area contributed by atoms with E-state index in [4.69, 9.17) is 0 Å². The molecule has 24 heavy (non-hydrogen) atoms. The SMILES string of the molecule is CNC(=O)c1ccc(C)c(Nc2nccc(-c3cccnc3)n2)c1. The Bertz CT molecular complexity index is 864. The van der Waals surface area contributed by atoms with Gasteiger partial charge in [0.25, 0.3) is 5.91 Å². The monoisotopic (exact) mass is 319 g/mol.